The van der Waals surface area contributed by atoms with Gasteiger partial charge in [0.1, 0.15) is 5.75 Å². The quantitative estimate of drug-likeness (QED) is 0.617. The van der Waals surface area contributed by atoms with E-state index in [1.165, 1.54) is 7.11 Å². The van der Waals surface area contributed by atoms with Crippen LogP contribution in [0.25, 0.3) is 0 Å². The molecule has 30 heavy (non-hydrogen) atoms. The SMILES string of the molecule is COc1ccccc1N1CC(C(=O)Nc2ccccc2C(=O)NCCN)CC1=O.Cl. The molecule has 0 radical (unpaired) electrons. The van der Waals surface area contributed by atoms with Gasteiger partial charge in [-0.2, -0.15) is 0 Å². The monoisotopic (exact) mass is 432 g/mol. The average Bonchev–Trinajstić information content (AvgIpc) is 3.14. The zero-order valence-electron chi connectivity index (χ0n) is 16.6. The summed E-state index contributed by atoms with van der Waals surface area (Å²) in [5.41, 5.74) is 6.80. The van der Waals surface area contributed by atoms with Crippen molar-refractivity contribution in [1.29, 1.82) is 0 Å². The van der Waals surface area contributed by atoms with Crippen LogP contribution in [0.2, 0.25) is 0 Å². The van der Waals surface area contributed by atoms with E-state index in [0.29, 0.717) is 35.8 Å². The number of nitrogens with one attached hydrogen (secondary N) is 2. The van der Waals surface area contributed by atoms with Gasteiger partial charge in [0, 0.05) is 26.1 Å². The first-order chi connectivity index (χ1) is 14.0. The summed E-state index contributed by atoms with van der Waals surface area (Å²) in [6.45, 7) is 0.905. The molecule has 1 aliphatic rings. The molecule has 0 bridgehead atoms. The molecule has 2 aromatic carbocycles. The van der Waals surface area contributed by atoms with Crippen molar-refractivity contribution in [2.24, 2.45) is 11.7 Å². The predicted octanol–water partition coefficient (Wildman–Crippen LogP) is 1.80. The molecule has 4 N–H and O–H groups in total. The van der Waals surface area contributed by atoms with Crippen molar-refractivity contribution in [2.75, 3.05) is 37.0 Å². The molecule has 1 saturated heterocycles. The summed E-state index contributed by atoms with van der Waals surface area (Å²) in [4.78, 5) is 39.2. The van der Waals surface area contributed by atoms with Gasteiger partial charge in [-0.3, -0.25) is 14.4 Å². The summed E-state index contributed by atoms with van der Waals surface area (Å²) in [5, 5.41) is 5.48. The molecule has 0 saturated carbocycles. The first-order valence-electron chi connectivity index (χ1n) is 9.36. The number of nitrogens with zero attached hydrogens (tertiary/aromatic N) is 1. The van der Waals surface area contributed by atoms with E-state index in [2.05, 4.69) is 10.6 Å². The molecule has 9 heteroatoms. The van der Waals surface area contributed by atoms with Gasteiger partial charge in [-0.1, -0.05) is 24.3 Å². The third kappa shape index (κ3) is 5.08. The van der Waals surface area contributed by atoms with Gasteiger partial charge in [-0.25, -0.2) is 0 Å². The fourth-order valence-electron chi connectivity index (χ4n) is 3.27. The Hall–Kier alpha value is -3.10. The minimum atomic E-state index is -0.535. The highest BCUT2D eigenvalue weighted by Crippen LogP contribution is 2.33. The lowest BCUT2D eigenvalue weighted by molar-refractivity contribution is -0.122. The van der Waals surface area contributed by atoms with Crippen LogP contribution in [0.4, 0.5) is 11.4 Å². The Balaban J connectivity index is 0.00000320. The normalized spacial score (nSPS) is 15.3. The van der Waals surface area contributed by atoms with Crippen LogP contribution >= 0.6 is 12.4 Å². The highest BCUT2D eigenvalue weighted by Gasteiger charge is 2.36. The Morgan fingerprint density at radius 2 is 1.87 bits per heavy atom. The Labute approximate surface area is 181 Å². The molecule has 0 aliphatic carbocycles. The summed E-state index contributed by atoms with van der Waals surface area (Å²) >= 11 is 0. The molecule has 160 valence electrons. The molecule has 1 aliphatic heterocycles. The van der Waals surface area contributed by atoms with Crippen molar-refractivity contribution in [3.8, 4) is 5.75 Å². The molecule has 1 unspecified atom stereocenters. The van der Waals surface area contributed by atoms with Crippen LogP contribution in [0.1, 0.15) is 16.8 Å². The smallest absolute Gasteiger partial charge is 0.253 e. The number of ether oxygens (including phenoxy) is 1. The number of benzene rings is 2. The second kappa shape index (κ2) is 10.6. The van der Waals surface area contributed by atoms with Gasteiger partial charge in [-0.15, -0.1) is 12.4 Å². The van der Waals surface area contributed by atoms with Gasteiger partial charge in [0.2, 0.25) is 11.8 Å². The maximum atomic E-state index is 12.8. The van der Waals surface area contributed by atoms with Gasteiger partial charge in [-0.05, 0) is 24.3 Å². The lowest BCUT2D eigenvalue weighted by atomic mass is 10.1. The van der Waals surface area contributed by atoms with Crippen LogP contribution in [0.15, 0.2) is 48.5 Å². The van der Waals surface area contributed by atoms with Crippen LogP contribution in [0.3, 0.4) is 0 Å². The van der Waals surface area contributed by atoms with E-state index < -0.39 is 5.92 Å². The zero-order valence-corrected chi connectivity index (χ0v) is 17.4. The van der Waals surface area contributed by atoms with Gasteiger partial charge in [0.05, 0.1) is 30.0 Å². The Bertz CT molecular complexity index is 921. The second-order valence-electron chi connectivity index (χ2n) is 6.66. The number of hydrogen-bond donors (Lipinski definition) is 3. The number of rotatable bonds is 7. The summed E-state index contributed by atoms with van der Waals surface area (Å²) in [7, 11) is 1.54. The molecular weight excluding hydrogens is 408 g/mol. The molecule has 1 atom stereocenters. The summed E-state index contributed by atoms with van der Waals surface area (Å²) in [6.07, 6.45) is 0.0887. The van der Waals surface area contributed by atoms with Gasteiger partial charge in [0.25, 0.3) is 5.91 Å². The highest BCUT2D eigenvalue weighted by atomic mass is 35.5. The minimum absolute atomic E-state index is 0. The van der Waals surface area contributed by atoms with Crippen LogP contribution in [0.5, 0.6) is 5.75 Å². The molecule has 1 heterocycles. The maximum Gasteiger partial charge on any atom is 0.253 e. The molecule has 3 amide bonds. The number of carbonyl (C=O) groups is 3. The molecule has 3 rings (SSSR count). The van der Waals surface area contributed by atoms with Gasteiger partial charge < -0.3 is 26.0 Å². The topological polar surface area (TPSA) is 114 Å². The van der Waals surface area contributed by atoms with E-state index in [1.807, 2.05) is 12.1 Å². The number of methoxy groups -OCH3 is 1. The van der Waals surface area contributed by atoms with Gasteiger partial charge >= 0.3 is 0 Å². The summed E-state index contributed by atoms with van der Waals surface area (Å²) in [6, 6.07) is 13.9. The average molecular weight is 433 g/mol. The molecule has 8 nitrogen and oxygen atoms in total. The maximum absolute atomic E-state index is 12.8. The lowest BCUT2D eigenvalue weighted by Crippen LogP contribution is -2.31. The van der Waals surface area contributed by atoms with Crippen LogP contribution < -0.4 is 26.0 Å². The Morgan fingerprint density at radius 3 is 2.60 bits per heavy atom. The lowest BCUT2D eigenvalue weighted by Gasteiger charge is -2.19. The summed E-state index contributed by atoms with van der Waals surface area (Å²) in [5.74, 6) is -0.737. The van der Waals surface area contributed by atoms with Crippen LogP contribution in [-0.2, 0) is 9.59 Å². The first-order valence-corrected chi connectivity index (χ1v) is 9.36. The van der Waals surface area contributed by atoms with Gasteiger partial charge in [0.15, 0.2) is 0 Å². The first kappa shape index (κ1) is 23.2. The van der Waals surface area contributed by atoms with E-state index in [4.69, 9.17) is 10.5 Å². The van der Waals surface area contributed by atoms with Crippen molar-refractivity contribution in [1.82, 2.24) is 5.32 Å². The van der Waals surface area contributed by atoms with E-state index >= 15 is 0 Å². The minimum Gasteiger partial charge on any atom is -0.495 e. The Kier molecular flexibility index (Phi) is 8.20. The van der Waals surface area contributed by atoms with E-state index in [-0.39, 0.29) is 43.1 Å². The number of carbonyl (C=O) groups excluding carboxylic acids is 3. The molecule has 0 spiro atoms. The fourth-order valence-corrected chi connectivity index (χ4v) is 3.27. The second-order valence-corrected chi connectivity index (χ2v) is 6.66. The van der Waals surface area contributed by atoms with Crippen molar-refractivity contribution >= 4 is 41.5 Å². The predicted molar refractivity (Wildman–Crippen MR) is 117 cm³/mol. The third-order valence-corrected chi connectivity index (χ3v) is 4.73. The number of para-hydroxylation sites is 3. The largest absolute Gasteiger partial charge is 0.495 e. The molecule has 1 fully saturated rings. The molecular formula is C21H25ClN4O4. The highest BCUT2D eigenvalue weighted by molar-refractivity contribution is 6.07. The number of hydrogen-bond acceptors (Lipinski definition) is 5. The van der Waals surface area contributed by atoms with E-state index in [0.717, 1.165) is 0 Å². The third-order valence-electron chi connectivity index (χ3n) is 4.73. The van der Waals surface area contributed by atoms with E-state index in [9.17, 15) is 14.4 Å². The number of amides is 3. The van der Waals surface area contributed by atoms with Crippen molar-refractivity contribution in [2.45, 2.75) is 6.42 Å². The number of anilines is 2. The molecule has 0 aromatic heterocycles. The van der Waals surface area contributed by atoms with E-state index in [1.54, 1.807) is 41.3 Å². The zero-order chi connectivity index (χ0) is 20.8. The standard InChI is InChI=1S/C21H24N4O4.ClH/c1-29-18-9-5-4-8-17(18)25-13-14(12-19(25)26)20(27)24-16-7-3-2-6-15(16)21(28)23-11-10-22;/h2-9,14H,10-13,22H2,1H3,(H,23,28)(H,24,27);1H. The van der Waals surface area contributed by atoms with Crippen LogP contribution in [0, 0.1) is 5.92 Å². The van der Waals surface area contributed by atoms with Crippen LogP contribution in [-0.4, -0.2) is 44.5 Å². The van der Waals surface area contributed by atoms with Crippen molar-refractivity contribution < 1.29 is 19.1 Å². The summed E-state index contributed by atoms with van der Waals surface area (Å²) < 4.78 is 5.32. The Morgan fingerprint density at radius 1 is 1.17 bits per heavy atom. The number of halogens is 1. The van der Waals surface area contributed by atoms with Crippen molar-refractivity contribution in [3.63, 3.8) is 0 Å². The molecule has 2 aromatic rings. The fraction of sp³-hybridized carbons (Fsp3) is 0.286. The number of nitrogens with two attached hydrogens (primary N) is 1. The van der Waals surface area contributed by atoms with Crippen molar-refractivity contribution in [3.05, 3.63) is 54.1 Å².